The summed E-state index contributed by atoms with van der Waals surface area (Å²) in [6.45, 7) is 7.20. The molecule has 2 rings (SSSR count). The number of hydrogen-bond donors (Lipinski definition) is 1. The van der Waals surface area contributed by atoms with Crippen LogP contribution in [0.25, 0.3) is 0 Å². The summed E-state index contributed by atoms with van der Waals surface area (Å²) in [4.78, 5) is 14.2. The quantitative estimate of drug-likeness (QED) is 0.770. The van der Waals surface area contributed by atoms with Crippen molar-refractivity contribution in [3.8, 4) is 0 Å². The van der Waals surface area contributed by atoms with Gasteiger partial charge in [0.05, 0.1) is 6.04 Å². The maximum Gasteiger partial charge on any atom is 0.239 e. The molecule has 1 heterocycles. The number of amides is 1. The Balaban J connectivity index is 1.85. The van der Waals surface area contributed by atoms with Gasteiger partial charge in [-0.05, 0) is 44.1 Å². The molecule has 1 aliphatic carbocycles. The Bertz CT molecular complexity index is 248. The number of nitrogens with one attached hydrogen (secondary N) is 1. The minimum absolute atomic E-state index is 0.0881. The maximum atomic E-state index is 12.2. The van der Waals surface area contributed by atoms with E-state index in [0.717, 1.165) is 38.4 Å². The van der Waals surface area contributed by atoms with Gasteiger partial charge in [-0.2, -0.15) is 0 Å². The molecule has 1 saturated carbocycles. The molecule has 0 aromatic carbocycles. The van der Waals surface area contributed by atoms with Crippen molar-refractivity contribution in [1.29, 1.82) is 0 Å². The number of carbonyl (C=O) groups excluding carboxylic acids is 1. The summed E-state index contributed by atoms with van der Waals surface area (Å²) in [7, 11) is 0. The molecule has 2 atom stereocenters. The number of rotatable bonds is 5. The zero-order chi connectivity index (χ0) is 11.5. The fraction of sp³-hybridized carbons (Fsp3) is 0.923. The van der Waals surface area contributed by atoms with Crippen molar-refractivity contribution in [3.63, 3.8) is 0 Å². The molecule has 0 radical (unpaired) electrons. The van der Waals surface area contributed by atoms with E-state index in [1.165, 1.54) is 12.8 Å². The lowest BCUT2D eigenvalue weighted by Crippen LogP contribution is -2.51. The summed E-state index contributed by atoms with van der Waals surface area (Å²) >= 11 is 0. The molecule has 2 aliphatic rings. The summed E-state index contributed by atoms with van der Waals surface area (Å²) in [5.41, 5.74) is 0. The average molecular weight is 224 g/mol. The third kappa shape index (κ3) is 2.76. The first-order valence-electron chi connectivity index (χ1n) is 6.74. The molecule has 1 saturated heterocycles. The molecule has 0 spiro atoms. The highest BCUT2D eigenvalue weighted by molar-refractivity contribution is 5.82. The van der Waals surface area contributed by atoms with E-state index in [1.807, 2.05) is 0 Å². The topological polar surface area (TPSA) is 32.3 Å². The van der Waals surface area contributed by atoms with Crippen molar-refractivity contribution in [2.45, 2.75) is 45.6 Å². The second kappa shape index (κ2) is 5.17. The van der Waals surface area contributed by atoms with Crippen LogP contribution in [0.4, 0.5) is 0 Å². The van der Waals surface area contributed by atoms with Crippen molar-refractivity contribution in [2.75, 3.05) is 19.6 Å². The van der Waals surface area contributed by atoms with Crippen LogP contribution >= 0.6 is 0 Å². The van der Waals surface area contributed by atoms with E-state index in [9.17, 15) is 4.79 Å². The SMILES string of the molecule is CCNC1CCCN(CC(C)C2CC2)C1=O. The fourth-order valence-electron chi connectivity index (χ4n) is 2.72. The van der Waals surface area contributed by atoms with Gasteiger partial charge in [-0.25, -0.2) is 0 Å². The van der Waals surface area contributed by atoms with Gasteiger partial charge in [-0.3, -0.25) is 4.79 Å². The highest BCUT2D eigenvalue weighted by atomic mass is 16.2. The number of piperidine rings is 1. The predicted octanol–water partition coefficient (Wildman–Crippen LogP) is 1.63. The summed E-state index contributed by atoms with van der Waals surface area (Å²) in [6, 6.07) is 0.0881. The monoisotopic (exact) mass is 224 g/mol. The van der Waals surface area contributed by atoms with Gasteiger partial charge in [-0.1, -0.05) is 13.8 Å². The third-order valence-corrected chi connectivity index (χ3v) is 3.92. The second-order valence-corrected chi connectivity index (χ2v) is 5.35. The molecule has 2 fully saturated rings. The van der Waals surface area contributed by atoms with Gasteiger partial charge < -0.3 is 10.2 Å². The van der Waals surface area contributed by atoms with Crippen LogP contribution in [0.1, 0.15) is 39.5 Å². The largest absolute Gasteiger partial charge is 0.341 e. The first-order chi connectivity index (χ1) is 7.72. The second-order valence-electron chi connectivity index (χ2n) is 5.35. The minimum atomic E-state index is 0.0881. The first kappa shape index (κ1) is 11.9. The molecule has 2 unspecified atom stereocenters. The Kier molecular flexibility index (Phi) is 3.85. The minimum Gasteiger partial charge on any atom is -0.341 e. The first-order valence-corrected chi connectivity index (χ1v) is 6.74. The molecule has 1 amide bonds. The van der Waals surface area contributed by atoms with Gasteiger partial charge in [0.25, 0.3) is 0 Å². The van der Waals surface area contributed by atoms with Crippen LogP contribution in [0.2, 0.25) is 0 Å². The smallest absolute Gasteiger partial charge is 0.239 e. The Labute approximate surface area is 98.6 Å². The number of hydrogen-bond acceptors (Lipinski definition) is 2. The molecule has 0 bridgehead atoms. The Hall–Kier alpha value is -0.570. The molecule has 3 nitrogen and oxygen atoms in total. The van der Waals surface area contributed by atoms with Crippen molar-refractivity contribution in [2.24, 2.45) is 11.8 Å². The van der Waals surface area contributed by atoms with E-state index < -0.39 is 0 Å². The number of likely N-dealkylation sites (tertiary alicyclic amines) is 1. The van der Waals surface area contributed by atoms with E-state index in [1.54, 1.807) is 0 Å². The van der Waals surface area contributed by atoms with E-state index in [4.69, 9.17) is 0 Å². The van der Waals surface area contributed by atoms with E-state index in [0.29, 0.717) is 11.8 Å². The lowest BCUT2D eigenvalue weighted by Gasteiger charge is -2.34. The summed E-state index contributed by atoms with van der Waals surface area (Å²) in [5.74, 6) is 1.93. The zero-order valence-electron chi connectivity index (χ0n) is 10.5. The van der Waals surface area contributed by atoms with Crippen LogP contribution in [0.15, 0.2) is 0 Å². The lowest BCUT2D eigenvalue weighted by molar-refractivity contribution is -0.136. The summed E-state index contributed by atoms with van der Waals surface area (Å²) in [6.07, 6.45) is 4.92. The van der Waals surface area contributed by atoms with Crippen molar-refractivity contribution in [1.82, 2.24) is 10.2 Å². The van der Waals surface area contributed by atoms with Gasteiger partial charge >= 0.3 is 0 Å². The average Bonchev–Trinajstić information content (AvgIpc) is 3.07. The van der Waals surface area contributed by atoms with E-state index in [-0.39, 0.29) is 6.04 Å². The summed E-state index contributed by atoms with van der Waals surface area (Å²) < 4.78 is 0. The highest BCUT2D eigenvalue weighted by Gasteiger charge is 2.33. The lowest BCUT2D eigenvalue weighted by atomic mass is 10.0. The third-order valence-electron chi connectivity index (χ3n) is 3.92. The molecule has 16 heavy (non-hydrogen) atoms. The van der Waals surface area contributed by atoms with Crippen LogP contribution in [0, 0.1) is 11.8 Å². The van der Waals surface area contributed by atoms with Gasteiger partial charge in [0.2, 0.25) is 5.91 Å². The molecular formula is C13H24N2O. The molecule has 92 valence electrons. The zero-order valence-corrected chi connectivity index (χ0v) is 10.5. The normalized spacial score (nSPS) is 28.2. The number of likely N-dealkylation sites (N-methyl/N-ethyl adjacent to an activating group) is 1. The summed E-state index contributed by atoms with van der Waals surface area (Å²) in [5, 5.41) is 3.29. The van der Waals surface area contributed by atoms with Crippen LogP contribution in [-0.2, 0) is 4.79 Å². The molecule has 1 N–H and O–H groups in total. The van der Waals surface area contributed by atoms with Crippen LogP contribution in [0.5, 0.6) is 0 Å². The van der Waals surface area contributed by atoms with Crippen LogP contribution in [-0.4, -0.2) is 36.5 Å². The molecule has 1 aliphatic heterocycles. The fourth-order valence-corrected chi connectivity index (χ4v) is 2.72. The van der Waals surface area contributed by atoms with Gasteiger partial charge in [0.15, 0.2) is 0 Å². The maximum absolute atomic E-state index is 12.2. The Morgan fingerprint density at radius 3 is 2.81 bits per heavy atom. The molecule has 3 heteroatoms. The van der Waals surface area contributed by atoms with Crippen LogP contribution < -0.4 is 5.32 Å². The van der Waals surface area contributed by atoms with Crippen LogP contribution in [0.3, 0.4) is 0 Å². The number of nitrogens with zero attached hydrogens (tertiary/aromatic N) is 1. The number of carbonyl (C=O) groups is 1. The van der Waals surface area contributed by atoms with Crippen molar-refractivity contribution >= 4 is 5.91 Å². The Morgan fingerprint density at radius 1 is 1.44 bits per heavy atom. The van der Waals surface area contributed by atoms with Crippen molar-refractivity contribution < 1.29 is 4.79 Å². The van der Waals surface area contributed by atoms with E-state index in [2.05, 4.69) is 24.1 Å². The van der Waals surface area contributed by atoms with Gasteiger partial charge in [-0.15, -0.1) is 0 Å². The van der Waals surface area contributed by atoms with E-state index >= 15 is 0 Å². The molecule has 0 aromatic heterocycles. The highest BCUT2D eigenvalue weighted by Crippen LogP contribution is 2.37. The molecular weight excluding hydrogens is 200 g/mol. The predicted molar refractivity (Wildman–Crippen MR) is 65.2 cm³/mol. The molecule has 0 aromatic rings. The van der Waals surface area contributed by atoms with Gasteiger partial charge in [0.1, 0.15) is 0 Å². The van der Waals surface area contributed by atoms with Crippen molar-refractivity contribution in [3.05, 3.63) is 0 Å². The Morgan fingerprint density at radius 2 is 2.19 bits per heavy atom. The van der Waals surface area contributed by atoms with Gasteiger partial charge in [0, 0.05) is 13.1 Å². The standard InChI is InChI=1S/C13H24N2O/c1-3-14-12-5-4-8-15(13(12)16)9-10(2)11-6-7-11/h10-12,14H,3-9H2,1-2H3.